The molecule has 0 aliphatic carbocycles. The van der Waals surface area contributed by atoms with Gasteiger partial charge in [-0.2, -0.15) is 4.98 Å². The zero-order valence-electron chi connectivity index (χ0n) is 9.06. The minimum atomic E-state index is 0.216. The van der Waals surface area contributed by atoms with Crippen LogP contribution in [0.25, 0.3) is 11.4 Å². The Kier molecular flexibility index (Phi) is 2.25. The summed E-state index contributed by atoms with van der Waals surface area (Å²) in [5.74, 6) is 2.09. The molecule has 3 heterocycles. The molecule has 5 heteroatoms. The molecule has 0 aromatic carbocycles. The van der Waals surface area contributed by atoms with Crippen LogP contribution in [0.2, 0.25) is 0 Å². The van der Waals surface area contributed by atoms with Gasteiger partial charge in [0.05, 0.1) is 17.9 Å². The SMILES string of the molecule is Cc1occc1-c1noc([C@@H]2CCCN2)n1. The predicted octanol–water partition coefficient (Wildman–Crippen LogP) is 2.06. The lowest BCUT2D eigenvalue weighted by molar-refractivity contribution is 0.345. The standard InChI is InChI=1S/C11H13N3O2/c1-7-8(4-6-15-7)10-13-11(16-14-10)9-3-2-5-12-9/h4,6,9,12H,2-3,5H2,1H3/t9-/m0/s1. The fourth-order valence-corrected chi connectivity index (χ4v) is 2.00. The molecule has 1 aliphatic rings. The maximum atomic E-state index is 5.26. The van der Waals surface area contributed by atoms with Crippen molar-refractivity contribution in [2.75, 3.05) is 6.54 Å². The van der Waals surface area contributed by atoms with E-state index in [2.05, 4.69) is 15.5 Å². The number of nitrogens with one attached hydrogen (secondary N) is 1. The molecule has 0 saturated carbocycles. The Hall–Kier alpha value is -1.62. The van der Waals surface area contributed by atoms with Gasteiger partial charge in [0.1, 0.15) is 5.76 Å². The molecule has 1 atom stereocenters. The first-order valence-electron chi connectivity index (χ1n) is 5.46. The monoisotopic (exact) mass is 219 g/mol. The van der Waals surface area contributed by atoms with E-state index in [-0.39, 0.29) is 6.04 Å². The Morgan fingerprint density at radius 3 is 3.12 bits per heavy atom. The van der Waals surface area contributed by atoms with E-state index in [1.807, 2.05) is 13.0 Å². The highest BCUT2D eigenvalue weighted by molar-refractivity contribution is 5.56. The van der Waals surface area contributed by atoms with Crippen molar-refractivity contribution < 1.29 is 8.94 Å². The van der Waals surface area contributed by atoms with Gasteiger partial charge in [-0.15, -0.1) is 0 Å². The molecule has 0 radical (unpaired) electrons. The molecule has 2 aromatic heterocycles. The van der Waals surface area contributed by atoms with Gasteiger partial charge in [-0.05, 0) is 32.4 Å². The van der Waals surface area contributed by atoms with Crippen molar-refractivity contribution >= 4 is 0 Å². The fraction of sp³-hybridized carbons (Fsp3) is 0.455. The highest BCUT2D eigenvalue weighted by Crippen LogP contribution is 2.26. The van der Waals surface area contributed by atoms with E-state index < -0.39 is 0 Å². The minimum absolute atomic E-state index is 0.216. The summed E-state index contributed by atoms with van der Waals surface area (Å²) >= 11 is 0. The third-order valence-corrected chi connectivity index (χ3v) is 2.90. The molecule has 3 rings (SSSR count). The van der Waals surface area contributed by atoms with Crippen molar-refractivity contribution in [3.8, 4) is 11.4 Å². The Labute approximate surface area is 92.8 Å². The second kappa shape index (κ2) is 3.75. The van der Waals surface area contributed by atoms with Gasteiger partial charge in [0.25, 0.3) is 0 Å². The number of hydrogen-bond donors (Lipinski definition) is 1. The van der Waals surface area contributed by atoms with Gasteiger partial charge in [0.15, 0.2) is 0 Å². The lowest BCUT2D eigenvalue weighted by atomic mass is 10.2. The molecule has 1 saturated heterocycles. The van der Waals surface area contributed by atoms with E-state index in [1.54, 1.807) is 6.26 Å². The van der Waals surface area contributed by atoms with Crippen LogP contribution in [-0.4, -0.2) is 16.7 Å². The third-order valence-electron chi connectivity index (χ3n) is 2.90. The Morgan fingerprint density at radius 1 is 1.50 bits per heavy atom. The topological polar surface area (TPSA) is 64.1 Å². The average molecular weight is 219 g/mol. The highest BCUT2D eigenvalue weighted by atomic mass is 16.5. The number of furan rings is 1. The molecule has 0 unspecified atom stereocenters. The van der Waals surface area contributed by atoms with Crippen LogP contribution in [0.15, 0.2) is 21.3 Å². The molecule has 16 heavy (non-hydrogen) atoms. The van der Waals surface area contributed by atoms with Crippen LogP contribution in [0.5, 0.6) is 0 Å². The van der Waals surface area contributed by atoms with Crippen LogP contribution >= 0.6 is 0 Å². The molecular weight excluding hydrogens is 206 g/mol. The van der Waals surface area contributed by atoms with Crippen molar-refractivity contribution in [2.24, 2.45) is 0 Å². The van der Waals surface area contributed by atoms with Crippen molar-refractivity contribution in [2.45, 2.75) is 25.8 Å². The number of nitrogens with zero attached hydrogens (tertiary/aromatic N) is 2. The first kappa shape index (κ1) is 9.59. The van der Waals surface area contributed by atoms with Crippen molar-refractivity contribution in [3.05, 3.63) is 24.0 Å². The van der Waals surface area contributed by atoms with Gasteiger partial charge in [-0.1, -0.05) is 5.16 Å². The van der Waals surface area contributed by atoms with Gasteiger partial charge in [0, 0.05) is 0 Å². The fourth-order valence-electron chi connectivity index (χ4n) is 2.00. The lowest BCUT2D eigenvalue weighted by Gasteiger charge is -2.01. The summed E-state index contributed by atoms with van der Waals surface area (Å²) < 4.78 is 10.5. The largest absolute Gasteiger partial charge is 0.469 e. The lowest BCUT2D eigenvalue weighted by Crippen LogP contribution is -2.12. The predicted molar refractivity (Wildman–Crippen MR) is 56.7 cm³/mol. The summed E-state index contributed by atoms with van der Waals surface area (Å²) in [5.41, 5.74) is 0.896. The number of aromatic nitrogens is 2. The zero-order valence-corrected chi connectivity index (χ0v) is 9.06. The number of rotatable bonds is 2. The van der Waals surface area contributed by atoms with Crippen molar-refractivity contribution in [3.63, 3.8) is 0 Å². The van der Waals surface area contributed by atoms with E-state index in [0.29, 0.717) is 11.7 Å². The average Bonchev–Trinajstić information content (AvgIpc) is 2.96. The first-order chi connectivity index (χ1) is 7.84. The molecule has 84 valence electrons. The van der Waals surface area contributed by atoms with Crippen LogP contribution in [-0.2, 0) is 0 Å². The molecule has 0 bridgehead atoms. The Morgan fingerprint density at radius 2 is 2.44 bits per heavy atom. The summed E-state index contributed by atoms with van der Waals surface area (Å²) in [6, 6.07) is 2.07. The number of hydrogen-bond acceptors (Lipinski definition) is 5. The summed E-state index contributed by atoms with van der Waals surface area (Å²) in [5, 5.41) is 7.30. The van der Waals surface area contributed by atoms with E-state index >= 15 is 0 Å². The van der Waals surface area contributed by atoms with Gasteiger partial charge in [-0.3, -0.25) is 0 Å². The summed E-state index contributed by atoms with van der Waals surface area (Å²) in [6.45, 7) is 2.91. The molecule has 0 amide bonds. The first-order valence-corrected chi connectivity index (χ1v) is 5.46. The van der Waals surface area contributed by atoms with Gasteiger partial charge < -0.3 is 14.3 Å². The second-order valence-corrected chi connectivity index (χ2v) is 4.00. The zero-order chi connectivity index (χ0) is 11.0. The molecule has 2 aromatic rings. The highest BCUT2D eigenvalue weighted by Gasteiger charge is 2.23. The van der Waals surface area contributed by atoms with Crippen LogP contribution in [0.3, 0.4) is 0 Å². The van der Waals surface area contributed by atoms with Gasteiger partial charge in [0.2, 0.25) is 11.7 Å². The Bertz CT molecular complexity index is 483. The molecule has 1 N–H and O–H groups in total. The van der Waals surface area contributed by atoms with Crippen LogP contribution in [0.1, 0.15) is 30.5 Å². The third kappa shape index (κ3) is 1.53. The van der Waals surface area contributed by atoms with Crippen LogP contribution < -0.4 is 5.32 Å². The smallest absolute Gasteiger partial charge is 0.244 e. The maximum absolute atomic E-state index is 5.26. The Balaban J connectivity index is 1.90. The minimum Gasteiger partial charge on any atom is -0.469 e. The molecule has 5 nitrogen and oxygen atoms in total. The number of aryl methyl sites for hydroxylation is 1. The van der Waals surface area contributed by atoms with Gasteiger partial charge >= 0.3 is 0 Å². The van der Waals surface area contributed by atoms with E-state index in [0.717, 1.165) is 30.7 Å². The van der Waals surface area contributed by atoms with E-state index in [9.17, 15) is 0 Å². The van der Waals surface area contributed by atoms with Gasteiger partial charge in [-0.25, -0.2) is 0 Å². The molecule has 1 fully saturated rings. The second-order valence-electron chi connectivity index (χ2n) is 4.00. The van der Waals surface area contributed by atoms with Crippen LogP contribution in [0.4, 0.5) is 0 Å². The van der Waals surface area contributed by atoms with Crippen LogP contribution in [0, 0.1) is 6.92 Å². The van der Waals surface area contributed by atoms with Crippen molar-refractivity contribution in [1.82, 2.24) is 15.5 Å². The van der Waals surface area contributed by atoms with E-state index in [4.69, 9.17) is 8.94 Å². The normalized spacial score (nSPS) is 20.4. The summed E-state index contributed by atoms with van der Waals surface area (Å²) in [4.78, 5) is 4.40. The maximum Gasteiger partial charge on any atom is 0.244 e. The van der Waals surface area contributed by atoms with Crippen molar-refractivity contribution in [1.29, 1.82) is 0 Å². The molecule has 1 aliphatic heterocycles. The summed E-state index contributed by atoms with van der Waals surface area (Å²) in [7, 11) is 0. The molecule has 0 spiro atoms. The quantitative estimate of drug-likeness (QED) is 0.837. The summed E-state index contributed by atoms with van der Waals surface area (Å²) in [6.07, 6.45) is 3.85. The molecular formula is C11H13N3O2. The van der Waals surface area contributed by atoms with E-state index in [1.165, 1.54) is 0 Å².